The molecule has 0 aromatic carbocycles. The molecule has 1 saturated heterocycles. The molecule has 104 valence electrons. The number of aromatic nitrogens is 2. The SMILES string of the molecule is CCC1COC(C)CN1c1nc(C)cc(C(=O)O)n1. The largest absolute Gasteiger partial charge is 0.477 e. The summed E-state index contributed by atoms with van der Waals surface area (Å²) in [4.78, 5) is 21.6. The van der Waals surface area contributed by atoms with Crippen molar-refractivity contribution in [2.75, 3.05) is 18.1 Å². The lowest BCUT2D eigenvalue weighted by Crippen LogP contribution is -2.49. The summed E-state index contributed by atoms with van der Waals surface area (Å²) in [7, 11) is 0. The zero-order chi connectivity index (χ0) is 14.0. The Labute approximate surface area is 112 Å². The number of carboxylic acids is 1. The third-order valence-electron chi connectivity index (χ3n) is 3.26. The summed E-state index contributed by atoms with van der Waals surface area (Å²) < 4.78 is 5.63. The van der Waals surface area contributed by atoms with Crippen LogP contribution in [0.4, 0.5) is 5.95 Å². The number of ether oxygens (including phenoxy) is 1. The minimum atomic E-state index is -1.03. The van der Waals surface area contributed by atoms with Crippen molar-refractivity contribution in [3.8, 4) is 0 Å². The molecule has 2 heterocycles. The van der Waals surface area contributed by atoms with Gasteiger partial charge in [0.05, 0.1) is 18.8 Å². The molecule has 0 amide bonds. The Hall–Kier alpha value is -1.69. The zero-order valence-corrected chi connectivity index (χ0v) is 11.5. The second kappa shape index (κ2) is 5.52. The lowest BCUT2D eigenvalue weighted by molar-refractivity contribution is 0.0292. The number of aromatic carboxylic acids is 1. The van der Waals surface area contributed by atoms with Crippen LogP contribution in [0.2, 0.25) is 0 Å². The number of rotatable bonds is 3. The number of hydrogen-bond acceptors (Lipinski definition) is 5. The summed E-state index contributed by atoms with van der Waals surface area (Å²) in [5.41, 5.74) is 0.702. The Kier molecular flexibility index (Phi) is 3.99. The van der Waals surface area contributed by atoms with Crippen LogP contribution in [0.1, 0.15) is 36.5 Å². The number of carbonyl (C=O) groups is 1. The molecule has 0 saturated carbocycles. The summed E-state index contributed by atoms with van der Waals surface area (Å²) in [6.45, 7) is 7.15. The van der Waals surface area contributed by atoms with E-state index in [0.29, 0.717) is 24.8 Å². The molecular weight excluding hydrogens is 246 g/mol. The third-order valence-corrected chi connectivity index (χ3v) is 3.26. The molecule has 1 aliphatic rings. The molecule has 0 spiro atoms. The highest BCUT2D eigenvalue weighted by Crippen LogP contribution is 2.20. The first-order chi connectivity index (χ1) is 9.01. The monoisotopic (exact) mass is 265 g/mol. The van der Waals surface area contributed by atoms with E-state index in [2.05, 4.69) is 16.9 Å². The fourth-order valence-electron chi connectivity index (χ4n) is 2.22. The van der Waals surface area contributed by atoms with Gasteiger partial charge in [0, 0.05) is 12.2 Å². The summed E-state index contributed by atoms with van der Waals surface area (Å²) in [6.07, 6.45) is 1.01. The Morgan fingerprint density at radius 1 is 1.58 bits per heavy atom. The number of carboxylic acid groups (broad SMARTS) is 1. The molecule has 2 unspecified atom stereocenters. The van der Waals surface area contributed by atoms with Crippen LogP contribution in [0.15, 0.2) is 6.07 Å². The van der Waals surface area contributed by atoms with E-state index in [4.69, 9.17) is 9.84 Å². The molecule has 6 heteroatoms. The highest BCUT2D eigenvalue weighted by Gasteiger charge is 2.28. The van der Waals surface area contributed by atoms with Crippen LogP contribution in [0.5, 0.6) is 0 Å². The van der Waals surface area contributed by atoms with E-state index in [1.54, 1.807) is 6.92 Å². The van der Waals surface area contributed by atoms with Crippen molar-refractivity contribution in [2.45, 2.75) is 39.3 Å². The minimum absolute atomic E-state index is 0.0384. The van der Waals surface area contributed by atoms with Crippen LogP contribution in [-0.4, -0.2) is 46.3 Å². The first-order valence-electron chi connectivity index (χ1n) is 6.48. The van der Waals surface area contributed by atoms with E-state index in [0.717, 1.165) is 6.42 Å². The number of hydrogen-bond donors (Lipinski definition) is 1. The fourth-order valence-corrected chi connectivity index (χ4v) is 2.22. The van der Waals surface area contributed by atoms with Gasteiger partial charge in [-0.15, -0.1) is 0 Å². The Balaban J connectivity index is 2.35. The maximum absolute atomic E-state index is 11.1. The highest BCUT2D eigenvalue weighted by molar-refractivity contribution is 5.85. The molecule has 2 rings (SSSR count). The first-order valence-corrected chi connectivity index (χ1v) is 6.48. The minimum Gasteiger partial charge on any atom is -0.477 e. The predicted octanol–water partition coefficient (Wildman–Crippen LogP) is 1.49. The van der Waals surface area contributed by atoms with E-state index >= 15 is 0 Å². The molecule has 19 heavy (non-hydrogen) atoms. The van der Waals surface area contributed by atoms with Gasteiger partial charge in [0.2, 0.25) is 5.95 Å². The van der Waals surface area contributed by atoms with Gasteiger partial charge in [0.15, 0.2) is 5.69 Å². The number of nitrogens with zero attached hydrogens (tertiary/aromatic N) is 3. The molecule has 0 bridgehead atoms. The summed E-state index contributed by atoms with van der Waals surface area (Å²) in [5, 5.41) is 9.07. The quantitative estimate of drug-likeness (QED) is 0.892. The van der Waals surface area contributed by atoms with Crippen molar-refractivity contribution in [1.29, 1.82) is 0 Å². The van der Waals surface area contributed by atoms with Crippen LogP contribution >= 0.6 is 0 Å². The van der Waals surface area contributed by atoms with E-state index in [1.807, 2.05) is 11.8 Å². The summed E-state index contributed by atoms with van der Waals surface area (Å²) in [5.74, 6) is -0.541. The fraction of sp³-hybridized carbons (Fsp3) is 0.615. The number of morpholine rings is 1. The van der Waals surface area contributed by atoms with Crippen LogP contribution in [0, 0.1) is 6.92 Å². The second-order valence-electron chi connectivity index (χ2n) is 4.86. The lowest BCUT2D eigenvalue weighted by atomic mass is 10.1. The van der Waals surface area contributed by atoms with Crippen molar-refractivity contribution in [3.63, 3.8) is 0 Å². The normalized spacial score (nSPS) is 23.4. The Morgan fingerprint density at radius 3 is 2.95 bits per heavy atom. The van der Waals surface area contributed by atoms with Crippen LogP contribution < -0.4 is 4.90 Å². The topological polar surface area (TPSA) is 75.5 Å². The smallest absolute Gasteiger partial charge is 0.354 e. The summed E-state index contributed by atoms with van der Waals surface area (Å²) in [6, 6.07) is 1.68. The van der Waals surface area contributed by atoms with Gasteiger partial charge in [0.1, 0.15) is 0 Å². The predicted molar refractivity (Wildman–Crippen MR) is 70.6 cm³/mol. The summed E-state index contributed by atoms with van der Waals surface area (Å²) >= 11 is 0. The van der Waals surface area contributed by atoms with Gasteiger partial charge < -0.3 is 14.7 Å². The molecule has 1 aromatic rings. The van der Waals surface area contributed by atoms with Crippen LogP contribution in [0.25, 0.3) is 0 Å². The standard InChI is InChI=1S/C13H19N3O3/c1-4-10-7-19-9(3)6-16(10)13-14-8(2)5-11(15-13)12(17)18/h5,9-10H,4,6-7H2,1-3H3,(H,17,18). The molecule has 6 nitrogen and oxygen atoms in total. The molecule has 0 radical (unpaired) electrons. The van der Waals surface area contributed by atoms with Crippen molar-refractivity contribution in [1.82, 2.24) is 9.97 Å². The molecule has 0 aliphatic carbocycles. The van der Waals surface area contributed by atoms with Crippen molar-refractivity contribution < 1.29 is 14.6 Å². The van der Waals surface area contributed by atoms with Gasteiger partial charge in [0.25, 0.3) is 0 Å². The first kappa shape index (κ1) is 13.7. The van der Waals surface area contributed by atoms with E-state index in [9.17, 15) is 4.79 Å². The second-order valence-corrected chi connectivity index (χ2v) is 4.86. The Morgan fingerprint density at radius 2 is 2.32 bits per heavy atom. The van der Waals surface area contributed by atoms with E-state index in [1.165, 1.54) is 6.07 Å². The number of aryl methyl sites for hydroxylation is 1. The van der Waals surface area contributed by atoms with Gasteiger partial charge in [-0.2, -0.15) is 0 Å². The van der Waals surface area contributed by atoms with E-state index in [-0.39, 0.29) is 17.8 Å². The number of anilines is 1. The maximum Gasteiger partial charge on any atom is 0.354 e. The van der Waals surface area contributed by atoms with Gasteiger partial charge in [-0.1, -0.05) is 6.92 Å². The van der Waals surface area contributed by atoms with Gasteiger partial charge >= 0.3 is 5.97 Å². The van der Waals surface area contributed by atoms with Gasteiger partial charge in [-0.05, 0) is 26.3 Å². The van der Waals surface area contributed by atoms with E-state index < -0.39 is 5.97 Å². The van der Waals surface area contributed by atoms with Crippen LogP contribution in [-0.2, 0) is 4.74 Å². The van der Waals surface area contributed by atoms with Gasteiger partial charge in [-0.3, -0.25) is 0 Å². The lowest BCUT2D eigenvalue weighted by Gasteiger charge is -2.38. The molecule has 1 fully saturated rings. The average molecular weight is 265 g/mol. The molecule has 1 aromatic heterocycles. The molecular formula is C13H19N3O3. The highest BCUT2D eigenvalue weighted by atomic mass is 16.5. The third kappa shape index (κ3) is 3.01. The Bertz CT molecular complexity index is 478. The van der Waals surface area contributed by atoms with Crippen molar-refractivity contribution >= 4 is 11.9 Å². The molecule has 1 N–H and O–H groups in total. The van der Waals surface area contributed by atoms with Gasteiger partial charge in [-0.25, -0.2) is 14.8 Å². The molecule has 1 aliphatic heterocycles. The van der Waals surface area contributed by atoms with Crippen molar-refractivity contribution in [2.24, 2.45) is 0 Å². The zero-order valence-electron chi connectivity index (χ0n) is 11.5. The van der Waals surface area contributed by atoms with Crippen molar-refractivity contribution in [3.05, 3.63) is 17.5 Å². The van der Waals surface area contributed by atoms with Crippen LogP contribution in [0.3, 0.4) is 0 Å². The maximum atomic E-state index is 11.1. The average Bonchev–Trinajstić information content (AvgIpc) is 2.37. The molecule has 2 atom stereocenters.